The lowest BCUT2D eigenvalue weighted by atomic mass is 9.71. The van der Waals surface area contributed by atoms with Gasteiger partial charge in [-0.1, -0.05) is 23.9 Å². The average molecular weight is 136 g/mol. The first kappa shape index (κ1) is 7.32. The number of hydrogen-bond acceptors (Lipinski definition) is 0. The van der Waals surface area contributed by atoms with Crippen LogP contribution in [-0.4, -0.2) is 7.28 Å². The molecule has 0 aliphatic rings. The molecule has 1 rings (SSSR count). The molecule has 52 valence electrons. The van der Waals surface area contributed by atoms with Gasteiger partial charge >= 0.3 is 0 Å². The molecule has 0 bridgehead atoms. The van der Waals surface area contributed by atoms with Crippen LogP contribution in [0, 0.1) is 12.7 Å². The summed E-state index contributed by atoms with van der Waals surface area (Å²) in [5.41, 5.74) is 2.27. The van der Waals surface area contributed by atoms with E-state index in [9.17, 15) is 4.39 Å². The molecular weight excluding hydrogens is 126 g/mol. The van der Waals surface area contributed by atoms with Crippen LogP contribution in [0.25, 0.3) is 0 Å². The zero-order valence-corrected chi connectivity index (χ0v) is 6.32. The number of benzene rings is 1. The fourth-order valence-electron chi connectivity index (χ4n) is 1.02. The molecule has 0 nitrogen and oxygen atoms in total. The molecule has 0 fully saturated rings. The van der Waals surface area contributed by atoms with Gasteiger partial charge in [-0.2, -0.15) is 0 Å². The highest BCUT2D eigenvalue weighted by Crippen LogP contribution is 1.97. The van der Waals surface area contributed by atoms with Crippen LogP contribution >= 0.6 is 0 Å². The van der Waals surface area contributed by atoms with E-state index in [-0.39, 0.29) is 5.82 Å². The molecule has 0 saturated heterocycles. The maximum absolute atomic E-state index is 12.5. The van der Waals surface area contributed by atoms with Crippen LogP contribution in [0.2, 0.25) is 6.82 Å². The van der Waals surface area contributed by atoms with E-state index in [4.69, 9.17) is 0 Å². The molecule has 0 N–H and O–H groups in total. The number of halogens is 1. The summed E-state index contributed by atoms with van der Waals surface area (Å²) >= 11 is 0. The summed E-state index contributed by atoms with van der Waals surface area (Å²) in [6.07, 6.45) is 0. The van der Waals surface area contributed by atoms with Crippen molar-refractivity contribution in [2.75, 3.05) is 0 Å². The Morgan fingerprint density at radius 2 is 2.10 bits per heavy atom. The molecule has 10 heavy (non-hydrogen) atoms. The van der Waals surface area contributed by atoms with E-state index in [1.165, 1.54) is 11.6 Å². The minimum atomic E-state index is -0.137. The molecule has 1 aromatic carbocycles. The average Bonchev–Trinajstić information content (AvgIpc) is 1.94. The first-order valence-corrected chi connectivity index (χ1v) is 3.49. The van der Waals surface area contributed by atoms with Gasteiger partial charge in [-0.15, -0.1) is 0 Å². The molecule has 0 heterocycles. The Labute approximate surface area is 61.3 Å². The maximum Gasteiger partial charge on any atom is 0.155 e. The SMILES string of the molecule is CBc1cc(F)ccc1C. The van der Waals surface area contributed by atoms with Crippen molar-refractivity contribution in [3.8, 4) is 0 Å². The van der Waals surface area contributed by atoms with Crippen LogP contribution in [0.15, 0.2) is 18.2 Å². The van der Waals surface area contributed by atoms with Crippen molar-refractivity contribution >= 4 is 12.7 Å². The van der Waals surface area contributed by atoms with E-state index in [1.54, 1.807) is 6.07 Å². The first-order chi connectivity index (χ1) is 4.74. The van der Waals surface area contributed by atoms with Gasteiger partial charge in [0.05, 0.1) is 0 Å². The molecule has 2 heteroatoms. The smallest absolute Gasteiger partial charge is 0.155 e. The predicted octanol–water partition coefficient (Wildman–Crippen LogP) is 1.24. The lowest BCUT2D eigenvalue weighted by Crippen LogP contribution is -2.14. The molecule has 0 amide bonds. The van der Waals surface area contributed by atoms with Crippen molar-refractivity contribution in [3.63, 3.8) is 0 Å². The molecule has 0 aliphatic heterocycles. The Kier molecular flexibility index (Phi) is 2.10. The third-order valence-electron chi connectivity index (χ3n) is 1.69. The third-order valence-corrected chi connectivity index (χ3v) is 1.69. The van der Waals surface area contributed by atoms with Gasteiger partial charge in [-0.05, 0) is 19.1 Å². The van der Waals surface area contributed by atoms with Gasteiger partial charge in [0, 0.05) is 0 Å². The Balaban J connectivity index is 3.09. The highest BCUT2D eigenvalue weighted by Gasteiger charge is 1.96. The van der Waals surface area contributed by atoms with Crippen molar-refractivity contribution in [2.45, 2.75) is 13.7 Å². The molecule has 0 radical (unpaired) electrons. The monoisotopic (exact) mass is 136 g/mol. The fraction of sp³-hybridized carbons (Fsp3) is 0.250. The van der Waals surface area contributed by atoms with Gasteiger partial charge < -0.3 is 0 Å². The normalized spacial score (nSPS) is 9.50. The van der Waals surface area contributed by atoms with Crippen molar-refractivity contribution in [3.05, 3.63) is 29.6 Å². The minimum Gasteiger partial charge on any atom is -0.207 e. The second-order valence-electron chi connectivity index (χ2n) is 2.42. The van der Waals surface area contributed by atoms with E-state index in [2.05, 4.69) is 0 Å². The predicted molar refractivity (Wildman–Crippen MR) is 43.8 cm³/mol. The molecule has 0 unspecified atom stereocenters. The van der Waals surface area contributed by atoms with Gasteiger partial charge in [0.1, 0.15) is 5.82 Å². The van der Waals surface area contributed by atoms with E-state index in [0.29, 0.717) is 0 Å². The van der Waals surface area contributed by atoms with Gasteiger partial charge in [0.25, 0.3) is 0 Å². The highest BCUT2D eigenvalue weighted by atomic mass is 19.1. The summed E-state index contributed by atoms with van der Waals surface area (Å²) in [7, 11) is 0.906. The number of hydrogen-bond donors (Lipinski definition) is 0. The van der Waals surface area contributed by atoms with Crippen molar-refractivity contribution in [1.82, 2.24) is 0 Å². The Hall–Kier alpha value is -0.785. The third kappa shape index (κ3) is 1.38. The standard InChI is InChI=1S/C8H10BF/c1-6-3-4-7(10)5-8(6)9-2/h3-5,9H,1-2H3. The van der Waals surface area contributed by atoms with Gasteiger partial charge in [0.2, 0.25) is 0 Å². The molecule has 0 aliphatic carbocycles. The summed E-state index contributed by atoms with van der Waals surface area (Å²) in [6, 6.07) is 4.90. The summed E-state index contributed by atoms with van der Waals surface area (Å²) < 4.78 is 12.5. The lowest BCUT2D eigenvalue weighted by molar-refractivity contribution is 0.628. The van der Waals surface area contributed by atoms with Crippen LogP contribution in [0.3, 0.4) is 0 Å². The van der Waals surface area contributed by atoms with E-state index in [0.717, 1.165) is 12.7 Å². The Morgan fingerprint density at radius 1 is 1.40 bits per heavy atom. The summed E-state index contributed by atoms with van der Waals surface area (Å²) in [5.74, 6) is -0.137. The molecule has 0 saturated carbocycles. The van der Waals surface area contributed by atoms with Gasteiger partial charge in [-0.25, -0.2) is 4.39 Å². The Bertz CT molecular complexity index is 233. The summed E-state index contributed by atoms with van der Waals surface area (Å²) in [5, 5.41) is 0. The van der Waals surface area contributed by atoms with Crippen LogP contribution in [0.5, 0.6) is 0 Å². The van der Waals surface area contributed by atoms with Crippen LogP contribution in [0.1, 0.15) is 5.56 Å². The highest BCUT2D eigenvalue weighted by molar-refractivity contribution is 6.52. The molecule has 0 aromatic heterocycles. The van der Waals surface area contributed by atoms with Crippen LogP contribution in [-0.2, 0) is 0 Å². The molecule has 1 aromatic rings. The second kappa shape index (κ2) is 2.87. The fourth-order valence-corrected chi connectivity index (χ4v) is 1.02. The molecule has 0 atom stereocenters. The summed E-state index contributed by atoms with van der Waals surface area (Å²) in [4.78, 5) is 0. The van der Waals surface area contributed by atoms with E-state index in [1.807, 2.05) is 19.8 Å². The van der Waals surface area contributed by atoms with Gasteiger partial charge in [0.15, 0.2) is 7.28 Å². The minimum absolute atomic E-state index is 0.137. The van der Waals surface area contributed by atoms with Crippen LogP contribution in [0.4, 0.5) is 4.39 Å². The second-order valence-corrected chi connectivity index (χ2v) is 2.42. The largest absolute Gasteiger partial charge is 0.207 e. The Morgan fingerprint density at radius 3 is 2.60 bits per heavy atom. The first-order valence-electron chi connectivity index (χ1n) is 3.49. The van der Waals surface area contributed by atoms with Crippen molar-refractivity contribution < 1.29 is 4.39 Å². The van der Waals surface area contributed by atoms with E-state index < -0.39 is 0 Å². The lowest BCUT2D eigenvalue weighted by Gasteiger charge is -1.99. The zero-order valence-electron chi connectivity index (χ0n) is 6.32. The van der Waals surface area contributed by atoms with Crippen molar-refractivity contribution in [2.24, 2.45) is 0 Å². The maximum atomic E-state index is 12.5. The van der Waals surface area contributed by atoms with Crippen molar-refractivity contribution in [1.29, 1.82) is 0 Å². The molecular formula is C8H10BF. The topological polar surface area (TPSA) is 0 Å². The van der Waals surface area contributed by atoms with E-state index >= 15 is 0 Å². The van der Waals surface area contributed by atoms with Gasteiger partial charge in [-0.3, -0.25) is 0 Å². The number of aryl methyl sites for hydroxylation is 1. The zero-order chi connectivity index (χ0) is 7.56. The number of rotatable bonds is 1. The quantitative estimate of drug-likeness (QED) is 0.509. The molecule has 0 spiro atoms. The summed E-state index contributed by atoms with van der Waals surface area (Å²) in [6.45, 7) is 4.03. The van der Waals surface area contributed by atoms with Crippen LogP contribution < -0.4 is 5.46 Å².